The maximum absolute atomic E-state index is 14.0. The molecule has 0 aliphatic heterocycles. The number of benzene rings is 2. The van der Waals surface area contributed by atoms with Crippen molar-refractivity contribution in [3.63, 3.8) is 0 Å². The van der Waals surface area contributed by atoms with E-state index in [0.717, 1.165) is 0 Å². The van der Waals surface area contributed by atoms with E-state index in [2.05, 4.69) is 21.2 Å². The van der Waals surface area contributed by atoms with Crippen molar-refractivity contribution in [1.29, 1.82) is 0 Å². The smallest absolute Gasteiger partial charge is 0.129 e. The summed E-state index contributed by atoms with van der Waals surface area (Å²) in [5, 5.41) is 3.35. The molecule has 0 saturated heterocycles. The van der Waals surface area contributed by atoms with Crippen molar-refractivity contribution in [2.45, 2.75) is 6.04 Å². The van der Waals surface area contributed by atoms with Gasteiger partial charge in [0.1, 0.15) is 11.6 Å². The van der Waals surface area contributed by atoms with Gasteiger partial charge in [-0.3, -0.25) is 0 Å². The van der Waals surface area contributed by atoms with E-state index in [1.807, 2.05) is 0 Å². The monoisotopic (exact) mass is 345 g/mol. The van der Waals surface area contributed by atoms with Crippen molar-refractivity contribution >= 4 is 27.5 Å². The molecule has 1 unspecified atom stereocenters. The highest BCUT2D eigenvalue weighted by Gasteiger charge is 2.19. The van der Waals surface area contributed by atoms with Crippen LogP contribution >= 0.6 is 27.5 Å². The van der Waals surface area contributed by atoms with E-state index in [1.54, 1.807) is 19.2 Å². The molecule has 19 heavy (non-hydrogen) atoms. The van der Waals surface area contributed by atoms with Crippen LogP contribution in [0, 0.1) is 11.6 Å². The van der Waals surface area contributed by atoms with Crippen LogP contribution in [0.5, 0.6) is 0 Å². The molecule has 0 heterocycles. The molecule has 2 aromatic carbocycles. The fourth-order valence-corrected chi connectivity index (χ4v) is 2.51. The van der Waals surface area contributed by atoms with Gasteiger partial charge in [0, 0.05) is 15.1 Å². The standard InChI is InChI=1S/C14H11BrClF2N/c1-19-14(10-4-2-8(15)6-13(10)18)11-7-9(17)3-5-12(11)16/h2-7,14,19H,1H3. The van der Waals surface area contributed by atoms with Gasteiger partial charge in [0.2, 0.25) is 0 Å². The lowest BCUT2D eigenvalue weighted by atomic mass is 9.98. The van der Waals surface area contributed by atoms with Crippen molar-refractivity contribution < 1.29 is 8.78 Å². The Morgan fingerprint density at radius 1 is 1.11 bits per heavy atom. The average Bonchev–Trinajstić information content (AvgIpc) is 2.36. The van der Waals surface area contributed by atoms with Crippen LogP contribution < -0.4 is 5.32 Å². The van der Waals surface area contributed by atoms with Crippen molar-refractivity contribution in [1.82, 2.24) is 5.32 Å². The highest BCUT2D eigenvalue weighted by Crippen LogP contribution is 2.31. The topological polar surface area (TPSA) is 12.0 Å². The van der Waals surface area contributed by atoms with Crippen LogP contribution in [0.1, 0.15) is 17.2 Å². The minimum absolute atomic E-state index is 0.381. The number of hydrogen-bond donors (Lipinski definition) is 1. The molecule has 1 atom stereocenters. The molecule has 1 N–H and O–H groups in total. The molecule has 0 bridgehead atoms. The Kier molecular flexibility index (Phi) is 4.55. The van der Waals surface area contributed by atoms with E-state index in [0.29, 0.717) is 20.6 Å². The molecular weight excluding hydrogens is 336 g/mol. The van der Waals surface area contributed by atoms with Gasteiger partial charge in [0.25, 0.3) is 0 Å². The summed E-state index contributed by atoms with van der Waals surface area (Å²) in [4.78, 5) is 0. The zero-order valence-corrected chi connectivity index (χ0v) is 12.4. The van der Waals surface area contributed by atoms with Crippen LogP contribution in [0.15, 0.2) is 40.9 Å². The van der Waals surface area contributed by atoms with Gasteiger partial charge >= 0.3 is 0 Å². The van der Waals surface area contributed by atoms with Gasteiger partial charge in [-0.1, -0.05) is 33.6 Å². The first kappa shape index (κ1) is 14.4. The van der Waals surface area contributed by atoms with E-state index in [1.165, 1.54) is 24.3 Å². The lowest BCUT2D eigenvalue weighted by Crippen LogP contribution is -2.19. The summed E-state index contributed by atoms with van der Waals surface area (Å²) in [6.07, 6.45) is 0. The van der Waals surface area contributed by atoms with Crippen LogP contribution in [0.4, 0.5) is 8.78 Å². The van der Waals surface area contributed by atoms with Gasteiger partial charge in [-0.25, -0.2) is 8.78 Å². The number of nitrogens with one attached hydrogen (secondary N) is 1. The number of halogens is 4. The number of rotatable bonds is 3. The van der Waals surface area contributed by atoms with Crippen molar-refractivity contribution in [3.8, 4) is 0 Å². The highest BCUT2D eigenvalue weighted by molar-refractivity contribution is 9.10. The Morgan fingerprint density at radius 3 is 2.47 bits per heavy atom. The summed E-state index contributed by atoms with van der Waals surface area (Å²) in [7, 11) is 1.67. The van der Waals surface area contributed by atoms with E-state index >= 15 is 0 Å². The molecule has 2 aromatic rings. The fourth-order valence-electron chi connectivity index (χ4n) is 1.95. The molecule has 0 spiro atoms. The molecule has 0 fully saturated rings. The van der Waals surface area contributed by atoms with E-state index in [9.17, 15) is 8.78 Å². The maximum Gasteiger partial charge on any atom is 0.129 e. The van der Waals surface area contributed by atoms with E-state index < -0.39 is 11.9 Å². The molecule has 2 rings (SSSR count). The largest absolute Gasteiger partial charge is 0.309 e. The minimum Gasteiger partial charge on any atom is -0.309 e. The molecule has 100 valence electrons. The van der Waals surface area contributed by atoms with Gasteiger partial charge in [0.05, 0.1) is 6.04 Å². The van der Waals surface area contributed by atoms with Gasteiger partial charge in [-0.15, -0.1) is 0 Å². The maximum atomic E-state index is 14.0. The molecular formula is C14H11BrClF2N. The molecule has 0 aliphatic rings. The zero-order chi connectivity index (χ0) is 14.0. The van der Waals surface area contributed by atoms with Gasteiger partial charge < -0.3 is 5.32 Å². The van der Waals surface area contributed by atoms with Gasteiger partial charge in [-0.05, 0) is 42.9 Å². The molecule has 1 nitrogen and oxygen atoms in total. The summed E-state index contributed by atoms with van der Waals surface area (Å²) in [6.45, 7) is 0. The van der Waals surface area contributed by atoms with Crippen LogP contribution in [0.2, 0.25) is 5.02 Å². The molecule has 0 aromatic heterocycles. The second kappa shape index (κ2) is 5.99. The van der Waals surface area contributed by atoms with Gasteiger partial charge in [0.15, 0.2) is 0 Å². The first-order chi connectivity index (χ1) is 9.02. The Morgan fingerprint density at radius 2 is 1.84 bits per heavy atom. The van der Waals surface area contributed by atoms with Crippen LogP contribution in [-0.2, 0) is 0 Å². The third-order valence-corrected chi connectivity index (χ3v) is 3.67. The Labute approximate surface area is 123 Å². The lowest BCUT2D eigenvalue weighted by Gasteiger charge is -2.19. The molecule has 0 aliphatic carbocycles. The predicted molar refractivity (Wildman–Crippen MR) is 76.4 cm³/mol. The summed E-state index contributed by atoms with van der Waals surface area (Å²) in [6, 6.07) is 8.29. The van der Waals surface area contributed by atoms with Crippen molar-refractivity contribution in [3.05, 3.63) is 68.7 Å². The second-order valence-corrected chi connectivity index (χ2v) is 5.38. The average molecular weight is 347 g/mol. The SMILES string of the molecule is CNC(c1ccc(Br)cc1F)c1cc(F)ccc1Cl. The second-order valence-electron chi connectivity index (χ2n) is 4.05. The zero-order valence-electron chi connectivity index (χ0n) is 10.1. The van der Waals surface area contributed by atoms with E-state index in [4.69, 9.17) is 11.6 Å². The van der Waals surface area contributed by atoms with Crippen LogP contribution in [0.25, 0.3) is 0 Å². The molecule has 0 radical (unpaired) electrons. The fraction of sp³-hybridized carbons (Fsp3) is 0.143. The van der Waals surface area contributed by atoms with Gasteiger partial charge in [-0.2, -0.15) is 0 Å². The molecule has 0 amide bonds. The lowest BCUT2D eigenvalue weighted by molar-refractivity contribution is 0.571. The third-order valence-electron chi connectivity index (χ3n) is 2.83. The Bertz CT molecular complexity index is 604. The minimum atomic E-state index is -0.503. The van der Waals surface area contributed by atoms with Crippen LogP contribution in [-0.4, -0.2) is 7.05 Å². The summed E-state index contributed by atoms with van der Waals surface area (Å²) < 4.78 is 28.0. The highest BCUT2D eigenvalue weighted by atomic mass is 79.9. The van der Waals surface area contributed by atoms with E-state index in [-0.39, 0.29) is 5.82 Å². The first-order valence-electron chi connectivity index (χ1n) is 5.60. The summed E-state index contributed by atoms with van der Waals surface area (Å²) in [5.41, 5.74) is 0.920. The number of hydrogen-bond acceptors (Lipinski definition) is 1. The Hall–Kier alpha value is -0.970. The van der Waals surface area contributed by atoms with Crippen molar-refractivity contribution in [2.75, 3.05) is 7.05 Å². The first-order valence-corrected chi connectivity index (χ1v) is 6.77. The third kappa shape index (κ3) is 3.14. The summed E-state index contributed by atoms with van der Waals surface area (Å²) >= 11 is 9.27. The van der Waals surface area contributed by atoms with Crippen molar-refractivity contribution in [2.24, 2.45) is 0 Å². The quantitative estimate of drug-likeness (QED) is 0.850. The molecule has 0 saturated carbocycles. The molecule has 5 heteroatoms. The summed E-state index contributed by atoms with van der Waals surface area (Å²) in [5.74, 6) is -0.786. The predicted octanol–water partition coefficient (Wildman–Crippen LogP) is 4.69. The normalized spacial score (nSPS) is 12.5. The van der Waals surface area contributed by atoms with Crippen LogP contribution in [0.3, 0.4) is 0 Å². The Balaban J connectivity index is 2.52.